The molecule has 0 aliphatic carbocycles. The zero-order valence-corrected chi connectivity index (χ0v) is 9.20. The molecule has 0 spiro atoms. The quantitative estimate of drug-likeness (QED) is 0.550. The van der Waals surface area contributed by atoms with Crippen LogP contribution in [0.15, 0.2) is 12.1 Å². The van der Waals surface area contributed by atoms with Crippen molar-refractivity contribution in [3.63, 3.8) is 0 Å². The molecule has 0 aliphatic rings. The first-order valence-corrected chi connectivity index (χ1v) is 4.84. The number of rotatable bonds is 5. The highest BCUT2D eigenvalue weighted by Crippen LogP contribution is 2.24. The van der Waals surface area contributed by atoms with Crippen LogP contribution < -0.4 is 10.5 Å². The second-order valence-corrected chi connectivity index (χ2v) is 3.44. The first kappa shape index (κ1) is 13.2. The Bertz CT molecular complexity index is 410. The van der Waals surface area contributed by atoms with Crippen LogP contribution in [-0.4, -0.2) is 39.5 Å². The van der Waals surface area contributed by atoms with Gasteiger partial charge in [0.2, 0.25) is 5.88 Å². The maximum Gasteiger partial charge on any atom is 0.306 e. The van der Waals surface area contributed by atoms with Crippen LogP contribution >= 0.6 is 0 Å². The number of hydrogen-bond donors (Lipinski definition) is 4. The monoisotopic (exact) mass is 242 g/mol. The summed E-state index contributed by atoms with van der Waals surface area (Å²) in [6, 6.07) is 2.95. The molecule has 0 fully saturated rings. The van der Waals surface area contributed by atoms with Crippen molar-refractivity contribution in [1.29, 1.82) is 0 Å². The zero-order valence-electron chi connectivity index (χ0n) is 9.20. The number of carbonyl (C=O) groups is 1. The molecule has 1 heterocycles. The van der Waals surface area contributed by atoms with Crippen LogP contribution in [0.3, 0.4) is 0 Å². The predicted octanol–water partition coefficient (Wildman–Crippen LogP) is -0.459. The van der Waals surface area contributed by atoms with E-state index in [4.69, 9.17) is 15.6 Å². The van der Waals surface area contributed by atoms with Crippen molar-refractivity contribution in [2.24, 2.45) is 0 Å². The maximum absolute atomic E-state index is 10.4. The van der Waals surface area contributed by atoms with Crippen LogP contribution in [0.25, 0.3) is 0 Å². The molecule has 0 aromatic carbocycles. The topological polar surface area (TPSA) is 126 Å². The Morgan fingerprint density at radius 1 is 1.53 bits per heavy atom. The summed E-state index contributed by atoms with van der Waals surface area (Å²) in [5.74, 6) is -1.01. The number of nitrogen functional groups attached to an aromatic ring is 1. The molecule has 1 aromatic rings. The Kier molecular flexibility index (Phi) is 4.24. The molecular formula is C10H14N2O5. The Hall–Kier alpha value is -1.86. The number of carboxylic acid groups (broad SMARTS) is 1. The van der Waals surface area contributed by atoms with Crippen LogP contribution in [0, 0.1) is 0 Å². The van der Waals surface area contributed by atoms with E-state index in [9.17, 15) is 15.0 Å². The summed E-state index contributed by atoms with van der Waals surface area (Å²) in [4.78, 5) is 14.3. The molecule has 2 atom stereocenters. The molecule has 7 nitrogen and oxygen atoms in total. The lowest BCUT2D eigenvalue weighted by atomic mass is 10.1. The van der Waals surface area contributed by atoms with Gasteiger partial charge in [-0.25, -0.2) is 4.98 Å². The summed E-state index contributed by atoms with van der Waals surface area (Å²) >= 11 is 0. The van der Waals surface area contributed by atoms with Crippen molar-refractivity contribution in [2.75, 3.05) is 12.8 Å². The van der Waals surface area contributed by atoms with E-state index in [0.717, 1.165) is 0 Å². The van der Waals surface area contributed by atoms with Gasteiger partial charge in [-0.1, -0.05) is 0 Å². The largest absolute Gasteiger partial charge is 0.481 e. The van der Waals surface area contributed by atoms with Crippen LogP contribution in [0.5, 0.6) is 5.88 Å². The highest BCUT2D eigenvalue weighted by molar-refractivity contribution is 5.67. The van der Waals surface area contributed by atoms with Gasteiger partial charge in [0.25, 0.3) is 0 Å². The lowest BCUT2D eigenvalue weighted by molar-refractivity contribution is -0.141. The molecule has 0 saturated heterocycles. The minimum atomic E-state index is -1.48. The van der Waals surface area contributed by atoms with E-state index in [-0.39, 0.29) is 17.3 Å². The van der Waals surface area contributed by atoms with E-state index in [1.807, 2.05) is 0 Å². The molecule has 94 valence electrons. The van der Waals surface area contributed by atoms with Gasteiger partial charge in [-0.15, -0.1) is 0 Å². The summed E-state index contributed by atoms with van der Waals surface area (Å²) in [7, 11) is 1.39. The van der Waals surface area contributed by atoms with E-state index in [2.05, 4.69) is 4.98 Å². The third kappa shape index (κ3) is 3.30. The van der Waals surface area contributed by atoms with Crippen molar-refractivity contribution in [3.8, 4) is 5.88 Å². The SMILES string of the molecule is COc1ccc(N)c(C(O)C(O)CC(=O)O)n1. The summed E-state index contributed by atoms with van der Waals surface area (Å²) in [5.41, 5.74) is 5.73. The fourth-order valence-electron chi connectivity index (χ4n) is 1.29. The van der Waals surface area contributed by atoms with Crippen LogP contribution in [0.4, 0.5) is 5.69 Å². The van der Waals surface area contributed by atoms with E-state index >= 15 is 0 Å². The number of pyridine rings is 1. The maximum atomic E-state index is 10.4. The molecule has 0 saturated carbocycles. The molecule has 0 bridgehead atoms. The second kappa shape index (κ2) is 5.46. The Morgan fingerprint density at radius 3 is 2.71 bits per heavy atom. The van der Waals surface area contributed by atoms with Gasteiger partial charge in [0.15, 0.2) is 0 Å². The molecule has 5 N–H and O–H groups in total. The van der Waals surface area contributed by atoms with Crippen molar-refractivity contribution >= 4 is 11.7 Å². The number of aliphatic hydroxyl groups excluding tert-OH is 2. The molecule has 0 radical (unpaired) electrons. The minimum Gasteiger partial charge on any atom is -0.481 e. The van der Waals surface area contributed by atoms with Gasteiger partial charge in [0.05, 0.1) is 31.0 Å². The number of nitrogens with zero attached hydrogens (tertiary/aromatic N) is 1. The molecule has 1 rings (SSSR count). The number of aromatic nitrogens is 1. The summed E-state index contributed by atoms with van der Waals surface area (Å²) in [6.07, 6.45) is -3.55. The number of hydrogen-bond acceptors (Lipinski definition) is 6. The highest BCUT2D eigenvalue weighted by atomic mass is 16.5. The fraction of sp³-hybridized carbons (Fsp3) is 0.400. The third-order valence-electron chi connectivity index (χ3n) is 2.17. The normalized spacial score (nSPS) is 14.1. The number of methoxy groups -OCH3 is 1. The third-order valence-corrected chi connectivity index (χ3v) is 2.17. The lowest BCUT2D eigenvalue weighted by Crippen LogP contribution is -2.23. The first-order chi connectivity index (χ1) is 7.95. The molecule has 7 heteroatoms. The summed E-state index contributed by atoms with van der Waals surface area (Å²) < 4.78 is 4.85. The number of carboxylic acids is 1. The van der Waals surface area contributed by atoms with Crippen LogP contribution in [-0.2, 0) is 4.79 Å². The second-order valence-electron chi connectivity index (χ2n) is 3.44. The van der Waals surface area contributed by atoms with E-state index in [1.54, 1.807) is 0 Å². The predicted molar refractivity (Wildman–Crippen MR) is 58.4 cm³/mol. The molecule has 2 unspecified atom stereocenters. The fourth-order valence-corrected chi connectivity index (χ4v) is 1.29. The van der Waals surface area contributed by atoms with Crippen LogP contribution in [0.2, 0.25) is 0 Å². The van der Waals surface area contributed by atoms with Gasteiger partial charge in [-0.05, 0) is 6.07 Å². The summed E-state index contributed by atoms with van der Waals surface area (Å²) in [6.45, 7) is 0. The first-order valence-electron chi connectivity index (χ1n) is 4.84. The molecule has 17 heavy (non-hydrogen) atoms. The van der Waals surface area contributed by atoms with Gasteiger partial charge in [0.1, 0.15) is 6.10 Å². The van der Waals surface area contributed by atoms with Gasteiger partial charge in [-0.3, -0.25) is 4.79 Å². The Morgan fingerprint density at radius 2 is 2.18 bits per heavy atom. The van der Waals surface area contributed by atoms with Gasteiger partial charge in [-0.2, -0.15) is 0 Å². The standard InChI is InChI=1S/C10H14N2O5/c1-17-7-3-2-5(11)9(12-7)10(16)6(13)4-8(14)15/h2-3,6,10,13,16H,4,11H2,1H3,(H,14,15). The van der Waals surface area contributed by atoms with Crippen LogP contribution in [0.1, 0.15) is 18.2 Å². The Balaban J connectivity index is 2.94. The average Bonchev–Trinajstić information content (AvgIpc) is 2.28. The molecule has 0 amide bonds. The van der Waals surface area contributed by atoms with E-state index < -0.39 is 24.6 Å². The number of nitrogens with two attached hydrogens (primary N) is 1. The van der Waals surface area contributed by atoms with Crippen molar-refractivity contribution < 1.29 is 24.9 Å². The van der Waals surface area contributed by atoms with Crippen molar-refractivity contribution in [3.05, 3.63) is 17.8 Å². The zero-order chi connectivity index (χ0) is 13.0. The van der Waals surface area contributed by atoms with Crippen molar-refractivity contribution in [2.45, 2.75) is 18.6 Å². The number of anilines is 1. The number of aliphatic carboxylic acids is 1. The summed E-state index contributed by atoms with van der Waals surface area (Å²) in [5, 5.41) is 27.7. The van der Waals surface area contributed by atoms with Gasteiger partial charge < -0.3 is 25.8 Å². The lowest BCUT2D eigenvalue weighted by Gasteiger charge is -2.17. The van der Waals surface area contributed by atoms with Gasteiger partial charge in [0, 0.05) is 6.07 Å². The van der Waals surface area contributed by atoms with Gasteiger partial charge >= 0.3 is 5.97 Å². The molecule has 1 aromatic heterocycles. The smallest absolute Gasteiger partial charge is 0.306 e. The van der Waals surface area contributed by atoms with Crippen molar-refractivity contribution in [1.82, 2.24) is 4.98 Å². The minimum absolute atomic E-state index is 0.00176. The van der Waals surface area contributed by atoms with E-state index in [0.29, 0.717) is 0 Å². The molecular weight excluding hydrogens is 228 g/mol. The molecule has 0 aliphatic heterocycles. The Labute approximate surface area is 97.5 Å². The number of aliphatic hydroxyl groups is 2. The number of ether oxygens (including phenoxy) is 1. The van der Waals surface area contributed by atoms with E-state index in [1.165, 1.54) is 19.2 Å². The average molecular weight is 242 g/mol. The highest BCUT2D eigenvalue weighted by Gasteiger charge is 2.24.